The predicted molar refractivity (Wildman–Crippen MR) is 52.4 cm³/mol. The van der Waals surface area contributed by atoms with Gasteiger partial charge in [-0.25, -0.2) is 0 Å². The molecule has 0 aliphatic heterocycles. The molecule has 3 nitrogen and oxygen atoms in total. The van der Waals surface area contributed by atoms with Gasteiger partial charge in [-0.15, -0.1) is 0 Å². The Morgan fingerprint density at radius 1 is 1.36 bits per heavy atom. The van der Waals surface area contributed by atoms with Gasteiger partial charge in [0.25, 0.3) is 0 Å². The third-order valence-electron chi connectivity index (χ3n) is 1.69. The molecule has 0 amide bonds. The second-order valence-electron chi connectivity index (χ2n) is 3.00. The van der Waals surface area contributed by atoms with Crippen LogP contribution in [0.2, 0.25) is 0 Å². The standard InChI is InChI=1S/C11H12O3/c1-9(13)8-10-2-4-11(5-3-10)14-7-6-12/h2-6H,7-8H2,1H3. The van der Waals surface area contributed by atoms with Crippen molar-refractivity contribution in [2.45, 2.75) is 13.3 Å². The first-order chi connectivity index (χ1) is 6.72. The zero-order chi connectivity index (χ0) is 10.4. The Balaban J connectivity index is 2.58. The molecule has 1 aromatic rings. The quantitative estimate of drug-likeness (QED) is 0.662. The lowest BCUT2D eigenvalue weighted by atomic mass is 10.1. The first kappa shape index (κ1) is 10.4. The highest BCUT2D eigenvalue weighted by atomic mass is 16.5. The van der Waals surface area contributed by atoms with E-state index in [4.69, 9.17) is 4.74 Å². The van der Waals surface area contributed by atoms with Crippen LogP contribution in [0.15, 0.2) is 24.3 Å². The van der Waals surface area contributed by atoms with Crippen molar-refractivity contribution in [3.05, 3.63) is 29.8 Å². The molecule has 1 aromatic carbocycles. The van der Waals surface area contributed by atoms with Gasteiger partial charge in [0.05, 0.1) is 0 Å². The molecule has 0 bridgehead atoms. The average molecular weight is 192 g/mol. The van der Waals surface area contributed by atoms with Crippen LogP contribution in [-0.2, 0) is 16.0 Å². The summed E-state index contributed by atoms with van der Waals surface area (Å²) in [5.74, 6) is 0.774. The Morgan fingerprint density at radius 2 is 2.00 bits per heavy atom. The molecule has 0 atom stereocenters. The summed E-state index contributed by atoms with van der Waals surface area (Å²) in [5, 5.41) is 0. The van der Waals surface area contributed by atoms with E-state index >= 15 is 0 Å². The Bertz CT molecular complexity index is 314. The van der Waals surface area contributed by atoms with Crippen LogP contribution in [0.5, 0.6) is 5.75 Å². The summed E-state index contributed by atoms with van der Waals surface area (Å²) in [5.41, 5.74) is 0.955. The van der Waals surface area contributed by atoms with Crippen molar-refractivity contribution >= 4 is 12.1 Å². The molecule has 0 aromatic heterocycles. The van der Waals surface area contributed by atoms with Gasteiger partial charge in [0, 0.05) is 6.42 Å². The molecular weight excluding hydrogens is 180 g/mol. The van der Waals surface area contributed by atoms with Gasteiger partial charge in [-0.05, 0) is 24.6 Å². The minimum Gasteiger partial charge on any atom is -0.486 e. The maximum absolute atomic E-state index is 10.8. The second kappa shape index (κ2) is 5.17. The zero-order valence-electron chi connectivity index (χ0n) is 8.03. The Hall–Kier alpha value is -1.64. The van der Waals surface area contributed by atoms with Crippen molar-refractivity contribution in [1.29, 1.82) is 0 Å². The van der Waals surface area contributed by atoms with Crippen LogP contribution < -0.4 is 4.74 Å². The molecule has 1 rings (SSSR count). The Labute approximate surface area is 82.7 Å². The number of aldehydes is 1. The van der Waals surface area contributed by atoms with Crippen molar-refractivity contribution in [2.75, 3.05) is 6.61 Å². The van der Waals surface area contributed by atoms with Crippen LogP contribution in [0.4, 0.5) is 0 Å². The van der Waals surface area contributed by atoms with Gasteiger partial charge in [0.2, 0.25) is 0 Å². The van der Waals surface area contributed by atoms with Gasteiger partial charge < -0.3 is 4.74 Å². The summed E-state index contributed by atoms with van der Waals surface area (Å²) < 4.78 is 5.06. The number of hydrogen-bond donors (Lipinski definition) is 0. The van der Waals surface area contributed by atoms with E-state index in [1.54, 1.807) is 19.1 Å². The molecule has 0 aliphatic carbocycles. The van der Waals surface area contributed by atoms with E-state index in [0.29, 0.717) is 18.5 Å². The van der Waals surface area contributed by atoms with Crippen molar-refractivity contribution in [3.8, 4) is 5.75 Å². The minimum absolute atomic E-state index is 0.0616. The average Bonchev–Trinajstić information content (AvgIpc) is 2.16. The van der Waals surface area contributed by atoms with Gasteiger partial charge >= 0.3 is 0 Å². The largest absolute Gasteiger partial charge is 0.486 e. The van der Waals surface area contributed by atoms with E-state index in [1.807, 2.05) is 12.1 Å². The predicted octanol–water partition coefficient (Wildman–Crippen LogP) is 1.40. The smallest absolute Gasteiger partial charge is 0.157 e. The topological polar surface area (TPSA) is 43.4 Å². The highest BCUT2D eigenvalue weighted by Gasteiger charge is 1.98. The highest BCUT2D eigenvalue weighted by Crippen LogP contribution is 2.12. The first-order valence-corrected chi connectivity index (χ1v) is 4.37. The summed E-state index contributed by atoms with van der Waals surface area (Å²) in [6, 6.07) is 7.15. The number of Topliss-reactive ketones (excluding diaryl/α,β-unsaturated/α-hetero) is 1. The molecule has 3 heteroatoms. The van der Waals surface area contributed by atoms with Gasteiger partial charge in [0.15, 0.2) is 6.29 Å². The number of carbonyl (C=O) groups is 2. The molecule has 0 radical (unpaired) electrons. The van der Waals surface area contributed by atoms with E-state index < -0.39 is 0 Å². The van der Waals surface area contributed by atoms with Gasteiger partial charge in [-0.1, -0.05) is 12.1 Å². The lowest BCUT2D eigenvalue weighted by Gasteiger charge is -2.02. The van der Waals surface area contributed by atoms with Crippen LogP contribution in [-0.4, -0.2) is 18.7 Å². The molecule has 0 spiro atoms. The molecule has 74 valence electrons. The van der Waals surface area contributed by atoms with Crippen LogP contribution in [0.1, 0.15) is 12.5 Å². The lowest BCUT2D eigenvalue weighted by molar-refractivity contribution is -0.116. The summed E-state index contributed by atoms with van der Waals surface area (Å²) in [6.07, 6.45) is 1.14. The minimum atomic E-state index is 0.0616. The normalized spacial score (nSPS) is 9.50. The Morgan fingerprint density at radius 3 is 2.50 bits per heavy atom. The van der Waals surface area contributed by atoms with E-state index in [9.17, 15) is 9.59 Å². The molecule has 14 heavy (non-hydrogen) atoms. The van der Waals surface area contributed by atoms with E-state index in [0.717, 1.165) is 5.56 Å². The van der Waals surface area contributed by atoms with E-state index in [2.05, 4.69) is 0 Å². The summed E-state index contributed by atoms with van der Waals surface area (Å²) in [6.45, 7) is 1.61. The van der Waals surface area contributed by atoms with Crippen molar-refractivity contribution in [2.24, 2.45) is 0 Å². The van der Waals surface area contributed by atoms with Gasteiger partial charge in [-0.2, -0.15) is 0 Å². The van der Waals surface area contributed by atoms with Crippen molar-refractivity contribution in [1.82, 2.24) is 0 Å². The van der Waals surface area contributed by atoms with Crippen LogP contribution >= 0.6 is 0 Å². The van der Waals surface area contributed by atoms with Crippen LogP contribution in [0.25, 0.3) is 0 Å². The first-order valence-electron chi connectivity index (χ1n) is 4.37. The van der Waals surface area contributed by atoms with Crippen molar-refractivity contribution < 1.29 is 14.3 Å². The molecule has 0 fully saturated rings. The molecule has 0 aliphatic rings. The molecule has 0 unspecified atom stereocenters. The molecule has 0 saturated carbocycles. The third-order valence-corrected chi connectivity index (χ3v) is 1.69. The van der Waals surface area contributed by atoms with Gasteiger partial charge in [-0.3, -0.25) is 9.59 Å². The summed E-state index contributed by atoms with van der Waals surface area (Å²) >= 11 is 0. The molecule has 0 N–H and O–H groups in total. The fraction of sp³-hybridized carbons (Fsp3) is 0.273. The fourth-order valence-corrected chi connectivity index (χ4v) is 1.12. The summed E-state index contributed by atoms with van der Waals surface area (Å²) in [7, 11) is 0. The zero-order valence-corrected chi connectivity index (χ0v) is 8.03. The number of ketones is 1. The summed E-state index contributed by atoms with van der Waals surface area (Å²) in [4.78, 5) is 20.8. The van der Waals surface area contributed by atoms with Crippen LogP contribution in [0, 0.1) is 0 Å². The molecule has 0 saturated heterocycles. The number of carbonyl (C=O) groups excluding carboxylic acids is 2. The molecular formula is C11H12O3. The van der Waals surface area contributed by atoms with E-state index in [1.165, 1.54) is 0 Å². The number of benzene rings is 1. The third kappa shape index (κ3) is 3.39. The second-order valence-corrected chi connectivity index (χ2v) is 3.00. The Kier molecular flexibility index (Phi) is 3.85. The lowest BCUT2D eigenvalue weighted by Crippen LogP contribution is -1.99. The number of rotatable bonds is 5. The highest BCUT2D eigenvalue weighted by molar-refractivity contribution is 5.78. The number of ether oxygens (including phenoxy) is 1. The maximum Gasteiger partial charge on any atom is 0.157 e. The maximum atomic E-state index is 10.8. The fourth-order valence-electron chi connectivity index (χ4n) is 1.12. The molecule has 0 heterocycles. The van der Waals surface area contributed by atoms with Crippen LogP contribution in [0.3, 0.4) is 0 Å². The number of hydrogen-bond acceptors (Lipinski definition) is 3. The van der Waals surface area contributed by atoms with E-state index in [-0.39, 0.29) is 12.4 Å². The van der Waals surface area contributed by atoms with Crippen molar-refractivity contribution in [3.63, 3.8) is 0 Å². The SMILES string of the molecule is CC(=O)Cc1ccc(OCC=O)cc1. The van der Waals surface area contributed by atoms with Gasteiger partial charge in [0.1, 0.15) is 18.1 Å². The monoisotopic (exact) mass is 192 g/mol.